The number of rotatable bonds is 3. The van der Waals surface area contributed by atoms with Gasteiger partial charge in [-0.1, -0.05) is 23.2 Å². The van der Waals surface area contributed by atoms with Crippen LogP contribution in [0.15, 0.2) is 30.5 Å². The van der Waals surface area contributed by atoms with Crippen molar-refractivity contribution in [1.82, 2.24) is 4.98 Å². The Morgan fingerprint density at radius 2 is 1.88 bits per heavy atom. The number of nitrogens with one attached hydrogen (secondary N) is 1. The fourth-order valence-electron chi connectivity index (χ4n) is 1.89. The van der Waals surface area contributed by atoms with Gasteiger partial charge in [0.1, 0.15) is 0 Å². The minimum Gasteiger partial charge on any atom is -0.478 e. The molecule has 5 nitrogen and oxygen atoms in total. The Morgan fingerprint density at radius 1 is 1.21 bits per heavy atom. The highest BCUT2D eigenvalue weighted by molar-refractivity contribution is 6.33. The van der Waals surface area contributed by atoms with Gasteiger partial charge in [0.05, 0.1) is 21.7 Å². The lowest BCUT2D eigenvalue weighted by atomic mass is 10.0. The van der Waals surface area contributed by atoms with Crippen LogP contribution in [0.3, 0.4) is 0 Å². The molecule has 24 heavy (non-hydrogen) atoms. The number of aromatic carboxylic acids is 1. The van der Waals surface area contributed by atoms with Crippen molar-refractivity contribution in [3.63, 3.8) is 0 Å². The summed E-state index contributed by atoms with van der Waals surface area (Å²) in [7, 11) is 0. The van der Waals surface area contributed by atoms with Crippen LogP contribution in [-0.4, -0.2) is 22.0 Å². The number of hydrogen-bond donors (Lipinski definition) is 2. The van der Waals surface area contributed by atoms with Crippen molar-refractivity contribution in [2.24, 2.45) is 0 Å². The van der Waals surface area contributed by atoms with E-state index in [1.54, 1.807) is 6.92 Å². The molecule has 0 aliphatic rings. The van der Waals surface area contributed by atoms with Gasteiger partial charge < -0.3 is 10.4 Å². The number of hydrogen-bond acceptors (Lipinski definition) is 3. The molecule has 1 aromatic carbocycles. The molecule has 2 rings (SSSR count). The van der Waals surface area contributed by atoms with E-state index < -0.39 is 28.6 Å². The maximum atomic E-state index is 12.6. The number of carbonyl (C=O) groups is 2. The summed E-state index contributed by atoms with van der Waals surface area (Å²) in [4.78, 5) is 26.9. The SMILES string of the molecule is Cc1ccc(C(=O)Nc2ncc(C(F)(F)F)cc2Cl)c(C(=O)O)c1. The molecule has 0 fully saturated rings. The Hall–Kier alpha value is -2.61. The first-order chi connectivity index (χ1) is 11.1. The van der Waals surface area contributed by atoms with Gasteiger partial charge in [-0.15, -0.1) is 0 Å². The lowest BCUT2D eigenvalue weighted by Crippen LogP contribution is -2.18. The topological polar surface area (TPSA) is 79.3 Å². The van der Waals surface area contributed by atoms with Crippen molar-refractivity contribution < 1.29 is 27.9 Å². The van der Waals surface area contributed by atoms with Crippen LogP contribution in [0, 0.1) is 6.92 Å². The number of nitrogens with zero attached hydrogens (tertiary/aromatic N) is 1. The molecule has 0 aliphatic carbocycles. The summed E-state index contributed by atoms with van der Waals surface area (Å²) in [5, 5.41) is 10.9. The highest BCUT2D eigenvalue weighted by atomic mass is 35.5. The molecule has 1 heterocycles. The molecule has 2 aromatic rings. The summed E-state index contributed by atoms with van der Waals surface area (Å²) in [5.74, 6) is -2.46. The quantitative estimate of drug-likeness (QED) is 0.868. The lowest BCUT2D eigenvalue weighted by molar-refractivity contribution is -0.137. The largest absolute Gasteiger partial charge is 0.478 e. The maximum absolute atomic E-state index is 12.6. The van der Waals surface area contributed by atoms with Gasteiger partial charge in [-0.2, -0.15) is 13.2 Å². The highest BCUT2D eigenvalue weighted by Crippen LogP contribution is 2.32. The molecule has 0 spiro atoms. The number of pyridine rings is 1. The summed E-state index contributed by atoms with van der Waals surface area (Å²) >= 11 is 5.70. The number of carboxylic acid groups (broad SMARTS) is 1. The number of carbonyl (C=O) groups excluding carboxylic acids is 1. The molecule has 0 bridgehead atoms. The zero-order chi connectivity index (χ0) is 18.1. The minimum atomic E-state index is -4.62. The van der Waals surface area contributed by atoms with Crippen molar-refractivity contribution >= 4 is 29.3 Å². The monoisotopic (exact) mass is 358 g/mol. The zero-order valence-electron chi connectivity index (χ0n) is 12.1. The van der Waals surface area contributed by atoms with Gasteiger partial charge in [0.2, 0.25) is 0 Å². The molecule has 0 aliphatic heterocycles. The molecule has 0 radical (unpaired) electrons. The molecular formula is C15H10ClF3N2O3. The molecule has 0 unspecified atom stereocenters. The Bertz CT molecular complexity index is 822. The van der Waals surface area contributed by atoms with E-state index in [2.05, 4.69) is 10.3 Å². The Labute approximate surface area is 139 Å². The van der Waals surface area contributed by atoms with E-state index in [-0.39, 0.29) is 16.9 Å². The predicted molar refractivity (Wildman–Crippen MR) is 80.3 cm³/mol. The van der Waals surface area contributed by atoms with E-state index in [1.165, 1.54) is 18.2 Å². The van der Waals surface area contributed by atoms with Crippen LogP contribution in [-0.2, 0) is 6.18 Å². The zero-order valence-corrected chi connectivity index (χ0v) is 12.9. The summed E-state index contributed by atoms with van der Waals surface area (Å²) in [5.41, 5.74) is -0.830. The molecule has 1 amide bonds. The van der Waals surface area contributed by atoms with Crippen molar-refractivity contribution in [2.45, 2.75) is 13.1 Å². The van der Waals surface area contributed by atoms with Gasteiger partial charge in [-0.25, -0.2) is 9.78 Å². The normalized spacial score (nSPS) is 11.2. The van der Waals surface area contributed by atoms with Crippen LogP contribution < -0.4 is 5.32 Å². The molecule has 2 N–H and O–H groups in total. The third kappa shape index (κ3) is 3.83. The van der Waals surface area contributed by atoms with E-state index in [4.69, 9.17) is 16.7 Å². The summed E-state index contributed by atoms with van der Waals surface area (Å²) in [6.45, 7) is 1.66. The molecule has 9 heteroatoms. The summed E-state index contributed by atoms with van der Waals surface area (Å²) in [6.07, 6.45) is -4.10. The smallest absolute Gasteiger partial charge is 0.417 e. The number of aromatic nitrogens is 1. The number of halogens is 4. The third-order valence-corrected chi connectivity index (χ3v) is 3.34. The standard InChI is InChI=1S/C15H10ClF3N2O3/c1-7-2-3-9(10(4-7)14(23)24)13(22)21-12-11(16)5-8(6-20-12)15(17,18)19/h2-6H,1H3,(H,23,24)(H,20,21,22). The van der Waals surface area contributed by atoms with Crippen molar-refractivity contribution in [1.29, 1.82) is 0 Å². The fraction of sp³-hybridized carbons (Fsp3) is 0.133. The van der Waals surface area contributed by atoms with E-state index >= 15 is 0 Å². The predicted octanol–water partition coefficient (Wildman–Crippen LogP) is 4.01. The van der Waals surface area contributed by atoms with Crippen LogP contribution in [0.5, 0.6) is 0 Å². The highest BCUT2D eigenvalue weighted by Gasteiger charge is 2.31. The number of aryl methyl sites for hydroxylation is 1. The molecule has 0 saturated heterocycles. The number of anilines is 1. The first-order valence-corrected chi connectivity index (χ1v) is 6.85. The van der Waals surface area contributed by atoms with Gasteiger partial charge in [0, 0.05) is 6.20 Å². The second kappa shape index (κ2) is 6.48. The van der Waals surface area contributed by atoms with Crippen LogP contribution >= 0.6 is 11.6 Å². The minimum absolute atomic E-state index is 0.161. The lowest BCUT2D eigenvalue weighted by Gasteiger charge is -2.11. The molecule has 1 aromatic heterocycles. The van der Waals surface area contributed by atoms with E-state index in [1.807, 2.05) is 0 Å². The number of amides is 1. The van der Waals surface area contributed by atoms with Crippen LogP contribution in [0.4, 0.5) is 19.0 Å². The van der Waals surface area contributed by atoms with Crippen molar-refractivity contribution in [2.75, 3.05) is 5.32 Å². The molecule has 126 valence electrons. The summed E-state index contributed by atoms with van der Waals surface area (Å²) in [6, 6.07) is 4.76. The van der Waals surface area contributed by atoms with E-state index in [0.29, 0.717) is 17.8 Å². The van der Waals surface area contributed by atoms with E-state index in [9.17, 15) is 22.8 Å². The third-order valence-electron chi connectivity index (χ3n) is 3.05. The van der Waals surface area contributed by atoms with Crippen molar-refractivity contribution in [3.05, 3.63) is 57.7 Å². The fourth-order valence-corrected chi connectivity index (χ4v) is 2.11. The van der Waals surface area contributed by atoms with Gasteiger partial charge in [-0.05, 0) is 25.1 Å². The van der Waals surface area contributed by atoms with Gasteiger partial charge in [-0.3, -0.25) is 4.79 Å². The van der Waals surface area contributed by atoms with Crippen LogP contribution in [0.2, 0.25) is 5.02 Å². The van der Waals surface area contributed by atoms with Crippen LogP contribution in [0.1, 0.15) is 31.8 Å². The second-order valence-corrected chi connectivity index (χ2v) is 5.27. The molecular weight excluding hydrogens is 349 g/mol. The van der Waals surface area contributed by atoms with Crippen molar-refractivity contribution in [3.8, 4) is 0 Å². The van der Waals surface area contributed by atoms with E-state index in [0.717, 1.165) is 0 Å². The average Bonchev–Trinajstić information content (AvgIpc) is 2.47. The first-order valence-electron chi connectivity index (χ1n) is 6.47. The number of alkyl halides is 3. The molecule has 0 atom stereocenters. The second-order valence-electron chi connectivity index (χ2n) is 4.86. The van der Waals surface area contributed by atoms with Gasteiger partial charge in [0.25, 0.3) is 5.91 Å². The number of carboxylic acids is 1. The molecule has 0 saturated carbocycles. The Morgan fingerprint density at radius 3 is 2.42 bits per heavy atom. The average molecular weight is 359 g/mol. The van der Waals surface area contributed by atoms with Gasteiger partial charge in [0.15, 0.2) is 5.82 Å². The Kier molecular flexibility index (Phi) is 4.79. The Balaban J connectivity index is 2.33. The van der Waals surface area contributed by atoms with Crippen LogP contribution in [0.25, 0.3) is 0 Å². The maximum Gasteiger partial charge on any atom is 0.417 e. The first kappa shape index (κ1) is 17.7. The number of benzene rings is 1. The summed E-state index contributed by atoms with van der Waals surface area (Å²) < 4.78 is 37.7. The van der Waals surface area contributed by atoms with Gasteiger partial charge >= 0.3 is 12.1 Å².